The summed E-state index contributed by atoms with van der Waals surface area (Å²) in [6.45, 7) is 5.96. The summed E-state index contributed by atoms with van der Waals surface area (Å²) >= 11 is 0. The minimum absolute atomic E-state index is 0.376. The number of esters is 2. The largest absolute Gasteiger partial charge is 0.466 e. The normalized spacial score (nSPS) is 10.7. The molecule has 0 aliphatic carbocycles. The zero-order valence-electron chi connectivity index (χ0n) is 14.6. The fraction of sp³-hybridized carbons (Fsp3) is 0.222. The Hall–Kier alpha value is -2.31. The van der Waals surface area contributed by atoms with Crippen LogP contribution in [0.3, 0.4) is 0 Å². The summed E-state index contributed by atoms with van der Waals surface area (Å²) < 4.78 is 13.8. The maximum Gasteiger partial charge on any atom is 0.466 e. The highest BCUT2D eigenvalue weighted by molar-refractivity contribution is 7.45. The number of hydrogen-bond acceptors (Lipinski definition) is 4. The lowest BCUT2D eigenvalue weighted by atomic mass is 10.0. The minimum Gasteiger partial charge on any atom is -0.386 e. The van der Waals surface area contributed by atoms with Crippen LogP contribution in [0.1, 0.15) is 51.6 Å². The van der Waals surface area contributed by atoms with Crippen molar-refractivity contribution < 1.29 is 33.6 Å². The van der Waals surface area contributed by atoms with Crippen molar-refractivity contribution in [1.29, 1.82) is 0 Å². The van der Waals surface area contributed by atoms with Crippen LogP contribution in [0.15, 0.2) is 48.5 Å². The van der Waals surface area contributed by atoms with Gasteiger partial charge in [-0.05, 0) is 42.2 Å². The van der Waals surface area contributed by atoms with Crippen molar-refractivity contribution in [3.8, 4) is 0 Å². The van der Waals surface area contributed by atoms with Gasteiger partial charge in [-0.15, -0.1) is 0 Å². The van der Waals surface area contributed by atoms with Gasteiger partial charge in [-0.2, -0.15) is 0 Å². The van der Waals surface area contributed by atoms with Crippen molar-refractivity contribution in [1.82, 2.24) is 0 Å². The molecule has 0 fully saturated rings. The Bertz CT molecular complexity index is 798. The van der Waals surface area contributed by atoms with Crippen LogP contribution >= 0.6 is 7.82 Å². The Balaban J connectivity index is 0.000000597. The van der Waals surface area contributed by atoms with Crippen molar-refractivity contribution in [2.24, 2.45) is 0 Å². The van der Waals surface area contributed by atoms with Crippen LogP contribution in [0.2, 0.25) is 0 Å². The number of hydrogen-bond donors (Lipinski definition) is 3. The monoisotopic (exact) mass is 380 g/mol. The first-order valence-electron chi connectivity index (χ1n) is 7.69. The van der Waals surface area contributed by atoms with Crippen LogP contribution < -0.4 is 0 Å². The molecule has 0 bridgehead atoms. The molecule has 0 unspecified atom stereocenters. The highest BCUT2D eigenvalue weighted by Crippen LogP contribution is 2.25. The molecule has 26 heavy (non-hydrogen) atoms. The van der Waals surface area contributed by atoms with Crippen LogP contribution in [-0.2, 0) is 9.30 Å². The fourth-order valence-electron chi connectivity index (χ4n) is 2.00. The van der Waals surface area contributed by atoms with Gasteiger partial charge in [0, 0.05) is 0 Å². The predicted molar refractivity (Wildman–Crippen MR) is 95.7 cm³/mol. The van der Waals surface area contributed by atoms with E-state index >= 15 is 0 Å². The topological polar surface area (TPSA) is 121 Å². The molecule has 3 N–H and O–H groups in total. The molecule has 0 radical (unpaired) electrons. The number of benzene rings is 2. The number of aryl methyl sites for hydroxylation is 1. The molecule has 2 aromatic carbocycles. The first kappa shape index (κ1) is 21.7. The SMILES string of the molecule is Cc1ccccc1C(=O)OC(=O)c1ccc(C(C)C)cc1.O=P(O)(O)O. The molecule has 0 saturated carbocycles. The Kier molecular flexibility index (Phi) is 7.86. The average Bonchev–Trinajstić information content (AvgIpc) is 2.53. The first-order chi connectivity index (χ1) is 12.0. The number of rotatable bonds is 3. The second-order valence-electron chi connectivity index (χ2n) is 5.78. The van der Waals surface area contributed by atoms with E-state index in [1.807, 2.05) is 18.2 Å². The van der Waals surface area contributed by atoms with Crippen LogP contribution in [-0.4, -0.2) is 26.6 Å². The number of carbonyl (C=O) groups is 2. The summed E-state index contributed by atoms with van der Waals surface area (Å²) in [7, 11) is -4.64. The Morgan fingerprint density at radius 3 is 1.88 bits per heavy atom. The molecule has 0 aliphatic heterocycles. The number of phosphoric acid groups is 1. The summed E-state index contributed by atoms with van der Waals surface area (Å²) in [6, 6.07) is 14.1. The third-order valence-corrected chi connectivity index (χ3v) is 3.36. The lowest BCUT2D eigenvalue weighted by Crippen LogP contribution is -2.13. The lowest BCUT2D eigenvalue weighted by molar-refractivity contribution is 0.0397. The summed E-state index contributed by atoms with van der Waals surface area (Å²) in [5.74, 6) is -0.853. The van der Waals surface area contributed by atoms with E-state index in [0.29, 0.717) is 17.0 Å². The van der Waals surface area contributed by atoms with Gasteiger partial charge in [-0.3, -0.25) is 0 Å². The van der Waals surface area contributed by atoms with E-state index in [0.717, 1.165) is 11.1 Å². The summed E-state index contributed by atoms with van der Waals surface area (Å²) in [5, 5.41) is 0. The highest BCUT2D eigenvalue weighted by Gasteiger charge is 2.16. The quantitative estimate of drug-likeness (QED) is 0.425. The van der Waals surface area contributed by atoms with Crippen molar-refractivity contribution >= 4 is 19.8 Å². The third kappa shape index (κ3) is 7.72. The highest BCUT2D eigenvalue weighted by atomic mass is 31.2. The van der Waals surface area contributed by atoms with Gasteiger partial charge in [0.1, 0.15) is 0 Å². The van der Waals surface area contributed by atoms with Crippen molar-refractivity contribution in [2.45, 2.75) is 26.7 Å². The van der Waals surface area contributed by atoms with Crippen molar-refractivity contribution in [3.05, 3.63) is 70.8 Å². The van der Waals surface area contributed by atoms with Gasteiger partial charge in [-0.25, -0.2) is 14.2 Å². The fourth-order valence-corrected chi connectivity index (χ4v) is 2.00. The molecule has 0 atom stereocenters. The molecule has 0 aliphatic rings. The summed E-state index contributed by atoms with van der Waals surface area (Å²) in [4.78, 5) is 45.5. The summed E-state index contributed by atoms with van der Waals surface area (Å²) in [6.07, 6.45) is 0. The van der Waals surface area contributed by atoms with Gasteiger partial charge in [0.15, 0.2) is 0 Å². The van der Waals surface area contributed by atoms with Gasteiger partial charge in [-0.1, -0.05) is 44.2 Å². The molecular weight excluding hydrogens is 359 g/mol. The molecule has 2 aromatic rings. The Labute approximate surface area is 151 Å². The molecule has 0 amide bonds. The molecule has 140 valence electrons. The Morgan fingerprint density at radius 2 is 1.42 bits per heavy atom. The van der Waals surface area contributed by atoms with E-state index in [1.54, 1.807) is 37.3 Å². The van der Waals surface area contributed by atoms with Gasteiger partial charge >= 0.3 is 19.8 Å². The Morgan fingerprint density at radius 1 is 0.923 bits per heavy atom. The van der Waals surface area contributed by atoms with Crippen LogP contribution in [0, 0.1) is 6.92 Å². The number of carbonyl (C=O) groups excluding carboxylic acids is 2. The molecule has 0 spiro atoms. The van der Waals surface area contributed by atoms with Gasteiger partial charge in [0.25, 0.3) is 0 Å². The van der Waals surface area contributed by atoms with Gasteiger partial charge in [0.2, 0.25) is 0 Å². The molecule has 2 rings (SSSR count). The smallest absolute Gasteiger partial charge is 0.386 e. The zero-order valence-corrected chi connectivity index (χ0v) is 15.5. The van der Waals surface area contributed by atoms with E-state index in [1.165, 1.54) is 0 Å². The van der Waals surface area contributed by atoms with E-state index in [-0.39, 0.29) is 0 Å². The first-order valence-corrected chi connectivity index (χ1v) is 9.26. The van der Waals surface area contributed by atoms with Crippen LogP contribution in [0.5, 0.6) is 0 Å². The maximum atomic E-state index is 12.0. The van der Waals surface area contributed by atoms with Crippen molar-refractivity contribution in [2.75, 3.05) is 0 Å². The molecule has 0 aromatic heterocycles. The third-order valence-electron chi connectivity index (χ3n) is 3.36. The average molecular weight is 380 g/mol. The molecule has 7 nitrogen and oxygen atoms in total. The van der Waals surface area contributed by atoms with Crippen LogP contribution in [0.25, 0.3) is 0 Å². The van der Waals surface area contributed by atoms with E-state index in [2.05, 4.69) is 13.8 Å². The van der Waals surface area contributed by atoms with E-state index in [9.17, 15) is 9.59 Å². The molecular formula is C18H21O7P. The molecule has 0 heterocycles. The second kappa shape index (κ2) is 9.40. The lowest BCUT2D eigenvalue weighted by Gasteiger charge is -2.07. The standard InChI is InChI=1S/C18H18O3.H3O4P/c1-12(2)14-8-10-15(11-9-14)17(19)21-18(20)16-7-5-4-6-13(16)3;1-5(2,3)4/h4-12H,1-3H3;(H3,1,2,3,4). The second-order valence-corrected chi connectivity index (χ2v) is 6.81. The van der Waals surface area contributed by atoms with Crippen LogP contribution in [0.4, 0.5) is 0 Å². The maximum absolute atomic E-state index is 12.0. The number of ether oxygens (including phenoxy) is 1. The van der Waals surface area contributed by atoms with Gasteiger partial charge < -0.3 is 19.4 Å². The minimum atomic E-state index is -4.64. The van der Waals surface area contributed by atoms with E-state index < -0.39 is 19.8 Å². The zero-order chi connectivity index (χ0) is 19.9. The van der Waals surface area contributed by atoms with E-state index in [4.69, 9.17) is 24.0 Å². The molecule has 0 saturated heterocycles. The predicted octanol–water partition coefficient (Wildman–Crippen LogP) is 3.19. The van der Waals surface area contributed by atoms with Crippen molar-refractivity contribution in [3.63, 3.8) is 0 Å². The van der Waals surface area contributed by atoms with Gasteiger partial charge in [0.05, 0.1) is 11.1 Å². The molecule has 8 heteroatoms. The summed E-state index contributed by atoms with van der Waals surface area (Å²) in [5.41, 5.74) is 2.70.